The third kappa shape index (κ3) is 4.34. The molecule has 1 aliphatic heterocycles. The van der Waals surface area contributed by atoms with Crippen molar-refractivity contribution in [3.8, 4) is 0 Å². The molecule has 1 saturated heterocycles. The van der Waals surface area contributed by atoms with Crippen LogP contribution in [0, 0.1) is 0 Å². The Hall–Kier alpha value is -1.07. The Kier molecular flexibility index (Phi) is 7.21. The molecular formula is C17H27N5O3S2. The van der Waals surface area contributed by atoms with Crippen molar-refractivity contribution in [2.45, 2.75) is 56.4 Å². The quantitative estimate of drug-likeness (QED) is 0.324. The third-order valence-electron chi connectivity index (χ3n) is 4.45. The standard InChI is InChI=1S/C17H27N5O3S2/c1-4-7-27-17-20-14(18-6-8-26-3)11-15(21-17)22(9-19-11)16-13(24)12(23)10(5-2)25-16/h9-10,12-13,16,23-24H,4-8H2,1-3H3,(H,18,20,21)/t10-,12-,13-,16-/m0/s1. The Bertz CT molecular complexity index is 759. The second kappa shape index (κ2) is 9.42. The zero-order valence-electron chi connectivity index (χ0n) is 15.8. The maximum absolute atomic E-state index is 10.5. The van der Waals surface area contributed by atoms with Crippen molar-refractivity contribution in [3.63, 3.8) is 0 Å². The summed E-state index contributed by atoms with van der Waals surface area (Å²) in [7, 11) is 0. The summed E-state index contributed by atoms with van der Waals surface area (Å²) in [5.41, 5.74) is 1.24. The van der Waals surface area contributed by atoms with E-state index < -0.39 is 24.5 Å². The smallest absolute Gasteiger partial charge is 0.191 e. The number of ether oxygens (including phenoxy) is 1. The summed E-state index contributed by atoms with van der Waals surface area (Å²) in [6, 6.07) is 0. The fourth-order valence-electron chi connectivity index (χ4n) is 3.03. The van der Waals surface area contributed by atoms with Crippen LogP contribution in [0.4, 0.5) is 5.82 Å². The lowest BCUT2D eigenvalue weighted by molar-refractivity contribution is -0.0356. The molecular weight excluding hydrogens is 386 g/mol. The Labute approximate surface area is 167 Å². The first-order chi connectivity index (χ1) is 13.1. The van der Waals surface area contributed by atoms with Crippen molar-refractivity contribution in [2.75, 3.05) is 29.6 Å². The number of anilines is 1. The molecule has 0 saturated carbocycles. The maximum Gasteiger partial charge on any atom is 0.191 e. The van der Waals surface area contributed by atoms with Crippen molar-refractivity contribution < 1.29 is 14.9 Å². The molecule has 0 amide bonds. The van der Waals surface area contributed by atoms with Crippen molar-refractivity contribution >= 4 is 40.5 Å². The van der Waals surface area contributed by atoms with Gasteiger partial charge in [-0.15, -0.1) is 0 Å². The van der Waals surface area contributed by atoms with Crippen LogP contribution >= 0.6 is 23.5 Å². The van der Waals surface area contributed by atoms with E-state index in [9.17, 15) is 10.2 Å². The summed E-state index contributed by atoms with van der Waals surface area (Å²) >= 11 is 3.34. The average molecular weight is 414 g/mol. The van der Waals surface area contributed by atoms with Crippen LogP contribution in [0.15, 0.2) is 11.5 Å². The van der Waals surface area contributed by atoms with E-state index in [0.29, 0.717) is 28.6 Å². The lowest BCUT2D eigenvalue weighted by atomic mass is 10.1. The number of aliphatic hydroxyl groups is 2. The summed E-state index contributed by atoms with van der Waals surface area (Å²) in [6.07, 6.45) is 2.24. The Balaban J connectivity index is 1.98. The fourth-order valence-corrected chi connectivity index (χ4v) is 4.03. The van der Waals surface area contributed by atoms with Crippen LogP contribution in [-0.2, 0) is 4.74 Å². The molecule has 0 unspecified atom stereocenters. The second-order valence-electron chi connectivity index (χ2n) is 6.40. The maximum atomic E-state index is 10.5. The third-order valence-corrected chi connectivity index (χ3v) is 6.11. The van der Waals surface area contributed by atoms with Gasteiger partial charge < -0.3 is 20.3 Å². The van der Waals surface area contributed by atoms with Crippen LogP contribution in [0.1, 0.15) is 32.9 Å². The number of nitrogens with zero attached hydrogens (tertiary/aromatic N) is 4. The van der Waals surface area contributed by atoms with Crippen LogP contribution in [0.2, 0.25) is 0 Å². The highest BCUT2D eigenvalue weighted by atomic mass is 32.2. The molecule has 150 valence electrons. The van der Waals surface area contributed by atoms with Crippen LogP contribution < -0.4 is 5.32 Å². The van der Waals surface area contributed by atoms with E-state index in [1.165, 1.54) is 0 Å². The normalized spacial score (nSPS) is 25.4. The molecule has 2 aromatic rings. The molecule has 4 atom stereocenters. The van der Waals surface area contributed by atoms with Crippen molar-refractivity contribution in [1.29, 1.82) is 0 Å². The van der Waals surface area contributed by atoms with Gasteiger partial charge in [0.15, 0.2) is 28.4 Å². The van der Waals surface area contributed by atoms with Gasteiger partial charge in [-0.05, 0) is 19.1 Å². The minimum Gasteiger partial charge on any atom is -0.388 e. The number of nitrogens with one attached hydrogen (secondary N) is 1. The molecule has 10 heteroatoms. The summed E-state index contributed by atoms with van der Waals surface area (Å²) in [5.74, 6) is 2.56. The Morgan fingerprint density at radius 1 is 1.22 bits per heavy atom. The van der Waals surface area contributed by atoms with Gasteiger partial charge in [-0.3, -0.25) is 4.57 Å². The summed E-state index contributed by atoms with van der Waals surface area (Å²) in [5, 5.41) is 24.7. The lowest BCUT2D eigenvalue weighted by Crippen LogP contribution is -2.31. The van der Waals surface area contributed by atoms with Gasteiger partial charge in [-0.2, -0.15) is 11.8 Å². The van der Waals surface area contributed by atoms with E-state index in [1.807, 2.05) is 6.92 Å². The van der Waals surface area contributed by atoms with Crippen molar-refractivity contribution in [2.24, 2.45) is 0 Å². The SMILES string of the molecule is CCCSc1nc(NCCSC)c2ncn([C@H]3O[C@@H](CC)[C@H](O)[C@@H]3O)c2n1. The van der Waals surface area contributed by atoms with Gasteiger partial charge in [0.2, 0.25) is 0 Å². The monoisotopic (exact) mass is 413 g/mol. The first kappa shape index (κ1) is 20.7. The molecule has 3 heterocycles. The van der Waals surface area contributed by atoms with Crippen molar-refractivity contribution in [3.05, 3.63) is 6.33 Å². The van der Waals surface area contributed by atoms with Crippen LogP contribution in [0.5, 0.6) is 0 Å². The molecule has 3 rings (SSSR count). The summed E-state index contributed by atoms with van der Waals surface area (Å²) < 4.78 is 7.58. The molecule has 3 N–H and O–H groups in total. The van der Waals surface area contributed by atoms with Gasteiger partial charge in [0, 0.05) is 18.1 Å². The van der Waals surface area contributed by atoms with Crippen LogP contribution in [-0.4, -0.2) is 72.4 Å². The molecule has 0 aliphatic carbocycles. The fraction of sp³-hybridized carbons (Fsp3) is 0.706. The van der Waals surface area contributed by atoms with E-state index in [4.69, 9.17) is 4.74 Å². The molecule has 2 aromatic heterocycles. The topological polar surface area (TPSA) is 105 Å². The average Bonchev–Trinajstić information content (AvgIpc) is 3.21. The number of aromatic nitrogens is 4. The predicted molar refractivity (Wildman–Crippen MR) is 109 cm³/mol. The van der Waals surface area contributed by atoms with E-state index >= 15 is 0 Å². The number of thioether (sulfide) groups is 2. The van der Waals surface area contributed by atoms with Gasteiger partial charge in [0.05, 0.1) is 12.4 Å². The highest BCUT2D eigenvalue weighted by Gasteiger charge is 2.43. The number of rotatable bonds is 9. The minimum absolute atomic E-state index is 0.405. The molecule has 8 nitrogen and oxygen atoms in total. The summed E-state index contributed by atoms with van der Waals surface area (Å²) in [6.45, 7) is 4.81. The van der Waals surface area contributed by atoms with Crippen LogP contribution in [0.25, 0.3) is 11.2 Å². The van der Waals surface area contributed by atoms with Gasteiger partial charge in [-0.1, -0.05) is 25.6 Å². The first-order valence-electron chi connectivity index (χ1n) is 9.22. The molecule has 1 aliphatic rings. The summed E-state index contributed by atoms with van der Waals surface area (Å²) in [4.78, 5) is 13.7. The van der Waals surface area contributed by atoms with Gasteiger partial charge >= 0.3 is 0 Å². The molecule has 0 spiro atoms. The largest absolute Gasteiger partial charge is 0.388 e. The van der Waals surface area contributed by atoms with E-state index in [-0.39, 0.29) is 0 Å². The molecule has 27 heavy (non-hydrogen) atoms. The zero-order chi connectivity index (χ0) is 19.4. The minimum atomic E-state index is -1.03. The Morgan fingerprint density at radius 3 is 2.70 bits per heavy atom. The van der Waals surface area contributed by atoms with Crippen molar-refractivity contribution in [1.82, 2.24) is 19.5 Å². The number of imidazole rings is 1. The van der Waals surface area contributed by atoms with E-state index in [2.05, 4.69) is 33.4 Å². The van der Waals surface area contributed by atoms with Gasteiger partial charge in [-0.25, -0.2) is 15.0 Å². The molecule has 0 aromatic carbocycles. The molecule has 0 bridgehead atoms. The number of aliphatic hydroxyl groups excluding tert-OH is 2. The molecule has 0 radical (unpaired) electrons. The zero-order valence-corrected chi connectivity index (χ0v) is 17.5. The number of hydrogen-bond donors (Lipinski definition) is 3. The second-order valence-corrected chi connectivity index (χ2v) is 8.45. The van der Waals surface area contributed by atoms with Crippen LogP contribution in [0.3, 0.4) is 0 Å². The van der Waals surface area contributed by atoms with Gasteiger partial charge in [0.25, 0.3) is 0 Å². The van der Waals surface area contributed by atoms with E-state index in [1.54, 1.807) is 34.4 Å². The first-order valence-corrected chi connectivity index (χ1v) is 11.6. The predicted octanol–water partition coefficient (Wildman–Crippen LogP) is 2.13. The highest BCUT2D eigenvalue weighted by Crippen LogP contribution is 2.34. The molecule has 1 fully saturated rings. The Morgan fingerprint density at radius 2 is 2.04 bits per heavy atom. The number of fused-ring (bicyclic) bond motifs is 1. The highest BCUT2D eigenvalue weighted by molar-refractivity contribution is 7.99. The number of hydrogen-bond acceptors (Lipinski definition) is 9. The lowest BCUT2D eigenvalue weighted by Gasteiger charge is -2.17. The van der Waals surface area contributed by atoms with E-state index in [0.717, 1.165) is 24.5 Å². The van der Waals surface area contributed by atoms with Gasteiger partial charge in [0.1, 0.15) is 12.2 Å².